The summed E-state index contributed by atoms with van der Waals surface area (Å²) in [6, 6.07) is 3.69. The van der Waals surface area contributed by atoms with Crippen LogP contribution < -0.4 is 5.32 Å². The second kappa shape index (κ2) is 5.45. The van der Waals surface area contributed by atoms with E-state index in [0.717, 1.165) is 4.88 Å². The molecule has 9 heteroatoms. The number of thiophene rings is 1. The molecule has 0 radical (unpaired) electrons. The van der Waals surface area contributed by atoms with Crippen LogP contribution in [0.1, 0.15) is 10.5 Å². The predicted molar refractivity (Wildman–Crippen MR) is 76.8 cm³/mol. The highest BCUT2D eigenvalue weighted by molar-refractivity contribution is 7.13. The van der Waals surface area contributed by atoms with E-state index in [-0.39, 0.29) is 11.3 Å². The second-order valence-electron chi connectivity index (χ2n) is 4.28. The molecule has 0 spiro atoms. The zero-order valence-corrected chi connectivity index (χ0v) is 11.8. The van der Waals surface area contributed by atoms with Crippen LogP contribution in [0, 0.1) is 0 Å². The van der Waals surface area contributed by atoms with Gasteiger partial charge in [0.15, 0.2) is 11.4 Å². The normalized spacial score (nSPS) is 10.7. The first-order valence-electron chi connectivity index (χ1n) is 6.09. The highest BCUT2D eigenvalue weighted by atomic mass is 32.1. The first kappa shape index (κ1) is 14.0. The molecule has 1 amide bonds. The van der Waals surface area contributed by atoms with Crippen LogP contribution in [0.25, 0.3) is 21.5 Å². The van der Waals surface area contributed by atoms with Crippen LogP contribution >= 0.6 is 11.3 Å². The molecule has 0 aliphatic rings. The Hall–Kier alpha value is -2.94. The lowest BCUT2D eigenvalue weighted by atomic mass is 10.2. The largest absolute Gasteiger partial charge is 0.503 e. The van der Waals surface area contributed by atoms with Crippen LogP contribution in [0.15, 0.2) is 28.2 Å². The molecule has 3 aromatic rings. The number of carbonyl (C=O) groups excluding carboxylic acids is 1. The molecule has 0 fully saturated rings. The maximum atomic E-state index is 11.8. The summed E-state index contributed by atoms with van der Waals surface area (Å²) in [4.78, 5) is 26.9. The lowest BCUT2D eigenvalue weighted by Crippen LogP contribution is -2.29. The van der Waals surface area contributed by atoms with Gasteiger partial charge in [0, 0.05) is 6.20 Å². The second-order valence-corrected chi connectivity index (χ2v) is 5.23. The minimum absolute atomic E-state index is 0.0267. The Bertz CT molecular complexity index is 856. The number of nitrogens with one attached hydrogen (secondary N) is 1. The van der Waals surface area contributed by atoms with E-state index in [1.54, 1.807) is 0 Å². The Morgan fingerprint density at radius 2 is 2.23 bits per heavy atom. The summed E-state index contributed by atoms with van der Waals surface area (Å²) >= 11 is 1.45. The molecular weight excluding hydrogens is 310 g/mol. The Morgan fingerprint density at radius 3 is 2.91 bits per heavy atom. The third kappa shape index (κ3) is 2.37. The topological polar surface area (TPSA) is 126 Å². The fourth-order valence-corrected chi connectivity index (χ4v) is 2.60. The van der Waals surface area contributed by atoms with Gasteiger partial charge in [-0.25, -0.2) is 4.98 Å². The first-order valence-corrected chi connectivity index (χ1v) is 6.97. The summed E-state index contributed by atoms with van der Waals surface area (Å²) in [5.74, 6) is -2.49. The third-order valence-electron chi connectivity index (χ3n) is 2.86. The summed E-state index contributed by atoms with van der Waals surface area (Å²) < 4.78 is 5.09. The number of amides is 1. The minimum atomic E-state index is -1.20. The predicted octanol–water partition coefficient (Wildman–Crippen LogP) is 1.47. The molecule has 0 atom stereocenters. The molecule has 0 aromatic carbocycles. The van der Waals surface area contributed by atoms with Crippen LogP contribution in [-0.4, -0.2) is 38.8 Å². The molecule has 3 rings (SSSR count). The fourth-order valence-electron chi connectivity index (χ4n) is 1.88. The lowest BCUT2D eigenvalue weighted by molar-refractivity contribution is -0.135. The third-order valence-corrected chi connectivity index (χ3v) is 3.74. The summed E-state index contributed by atoms with van der Waals surface area (Å²) in [5, 5.41) is 27.0. The van der Waals surface area contributed by atoms with Gasteiger partial charge in [-0.3, -0.25) is 9.59 Å². The van der Waals surface area contributed by atoms with E-state index in [1.165, 1.54) is 17.5 Å². The van der Waals surface area contributed by atoms with Crippen molar-refractivity contribution in [1.82, 2.24) is 15.5 Å². The quantitative estimate of drug-likeness (QED) is 0.664. The zero-order chi connectivity index (χ0) is 15.7. The fraction of sp³-hybridized carbons (Fsp3) is 0.0769. The van der Waals surface area contributed by atoms with Crippen molar-refractivity contribution in [3.63, 3.8) is 0 Å². The summed E-state index contributed by atoms with van der Waals surface area (Å²) in [6.07, 6.45) is 1.36. The van der Waals surface area contributed by atoms with Crippen LogP contribution in [0.2, 0.25) is 0 Å². The van der Waals surface area contributed by atoms with Crippen molar-refractivity contribution in [2.45, 2.75) is 0 Å². The van der Waals surface area contributed by atoms with Crippen molar-refractivity contribution in [2.75, 3.05) is 6.54 Å². The molecule has 0 aliphatic heterocycles. The summed E-state index contributed by atoms with van der Waals surface area (Å²) in [7, 11) is 0. The molecule has 0 saturated heterocycles. The SMILES string of the molecule is O=C(O)CNC(=O)c1ncc2c(-c3cccs3)noc2c1O. The van der Waals surface area contributed by atoms with Crippen molar-refractivity contribution in [2.24, 2.45) is 0 Å². The van der Waals surface area contributed by atoms with Crippen molar-refractivity contribution >= 4 is 34.2 Å². The standard InChI is InChI=1S/C13H9N3O5S/c17-8(18)5-15-13(20)10-11(19)12-6(4-14-10)9(16-21-12)7-2-1-3-22-7/h1-4,19H,5H2,(H,15,20)(H,17,18). The van der Waals surface area contributed by atoms with Gasteiger partial charge in [-0.1, -0.05) is 11.2 Å². The summed E-state index contributed by atoms with van der Waals surface area (Å²) in [5.41, 5.74) is 0.229. The number of aromatic nitrogens is 2. The molecule has 0 saturated carbocycles. The van der Waals surface area contributed by atoms with Gasteiger partial charge in [-0.05, 0) is 11.4 Å². The number of hydrogen-bond donors (Lipinski definition) is 3. The molecule has 3 aromatic heterocycles. The molecule has 3 heterocycles. The number of aliphatic carboxylic acids is 1. The number of carboxylic acid groups (broad SMARTS) is 1. The average molecular weight is 319 g/mol. The van der Waals surface area contributed by atoms with Gasteiger partial charge in [-0.15, -0.1) is 11.3 Å². The van der Waals surface area contributed by atoms with Gasteiger partial charge in [0.25, 0.3) is 5.91 Å². The Balaban J connectivity index is 2.01. The van der Waals surface area contributed by atoms with E-state index in [9.17, 15) is 14.7 Å². The Morgan fingerprint density at radius 1 is 1.41 bits per heavy atom. The van der Waals surface area contributed by atoms with Crippen molar-refractivity contribution in [1.29, 1.82) is 0 Å². The van der Waals surface area contributed by atoms with E-state index in [1.807, 2.05) is 17.5 Å². The highest BCUT2D eigenvalue weighted by Crippen LogP contribution is 2.35. The lowest BCUT2D eigenvalue weighted by Gasteiger charge is -2.03. The Kier molecular flexibility index (Phi) is 3.47. The molecule has 0 bridgehead atoms. The van der Waals surface area contributed by atoms with Gasteiger partial charge in [0.05, 0.1) is 10.3 Å². The average Bonchev–Trinajstić information content (AvgIpc) is 3.13. The number of hydrogen-bond acceptors (Lipinski definition) is 7. The molecule has 22 heavy (non-hydrogen) atoms. The highest BCUT2D eigenvalue weighted by Gasteiger charge is 2.22. The maximum absolute atomic E-state index is 11.8. The molecule has 3 N–H and O–H groups in total. The van der Waals surface area contributed by atoms with Crippen molar-refractivity contribution < 1.29 is 24.3 Å². The van der Waals surface area contributed by atoms with E-state index >= 15 is 0 Å². The smallest absolute Gasteiger partial charge is 0.322 e. The molecule has 8 nitrogen and oxygen atoms in total. The minimum Gasteiger partial charge on any atom is -0.503 e. The zero-order valence-electron chi connectivity index (χ0n) is 10.9. The maximum Gasteiger partial charge on any atom is 0.322 e. The van der Waals surface area contributed by atoms with Crippen LogP contribution in [0.5, 0.6) is 5.75 Å². The monoisotopic (exact) mass is 319 g/mol. The molecular formula is C13H9N3O5S. The summed E-state index contributed by atoms with van der Waals surface area (Å²) in [6.45, 7) is -0.575. The number of rotatable bonds is 4. The van der Waals surface area contributed by atoms with E-state index in [4.69, 9.17) is 9.63 Å². The van der Waals surface area contributed by atoms with Crippen molar-refractivity contribution in [3.05, 3.63) is 29.4 Å². The van der Waals surface area contributed by atoms with Gasteiger partial charge >= 0.3 is 5.97 Å². The van der Waals surface area contributed by atoms with E-state index < -0.39 is 24.2 Å². The first-order chi connectivity index (χ1) is 10.6. The number of carbonyl (C=O) groups is 2. The van der Waals surface area contributed by atoms with E-state index in [2.05, 4.69) is 15.5 Å². The van der Waals surface area contributed by atoms with Crippen LogP contribution in [0.4, 0.5) is 0 Å². The van der Waals surface area contributed by atoms with Crippen LogP contribution in [0.3, 0.4) is 0 Å². The van der Waals surface area contributed by atoms with Gasteiger partial charge in [0.2, 0.25) is 5.58 Å². The molecule has 0 aliphatic carbocycles. The van der Waals surface area contributed by atoms with Gasteiger partial charge in [-0.2, -0.15) is 0 Å². The van der Waals surface area contributed by atoms with E-state index in [0.29, 0.717) is 11.1 Å². The van der Waals surface area contributed by atoms with Crippen molar-refractivity contribution in [3.8, 4) is 16.3 Å². The molecule has 0 unspecified atom stereocenters. The van der Waals surface area contributed by atoms with Crippen LogP contribution in [-0.2, 0) is 4.79 Å². The number of fused-ring (bicyclic) bond motifs is 1. The number of nitrogens with zero attached hydrogens (tertiary/aromatic N) is 2. The Labute approximate surface area is 127 Å². The number of carboxylic acids is 1. The van der Waals surface area contributed by atoms with Gasteiger partial charge < -0.3 is 20.1 Å². The molecule has 112 valence electrons. The van der Waals surface area contributed by atoms with Gasteiger partial charge in [0.1, 0.15) is 12.2 Å². The number of pyridine rings is 1. The number of aromatic hydroxyl groups is 1.